The van der Waals surface area contributed by atoms with Crippen molar-refractivity contribution in [2.24, 2.45) is 0 Å². The normalized spacial score (nSPS) is 15.4. The molecule has 236 valence electrons. The highest BCUT2D eigenvalue weighted by atomic mass is 19.4. The summed E-state index contributed by atoms with van der Waals surface area (Å²) in [6.07, 6.45) is -2.54. The molecule has 0 amide bonds. The van der Waals surface area contributed by atoms with Crippen LogP contribution in [0.2, 0.25) is 0 Å². The maximum atomic E-state index is 14.7. The standard InChI is InChI=1S/C31H36F4N6O3/c1-30(2,18-36)29-14-28(44-3)26(15-38-29)37-8-4-5-22-13-24-25(11-20(32)12-27(24)41(22)19-31(33,34)35)39-21-6-9-40(10-7-21)16-23(43)17-42/h11-15,21,23,37,39,42-43H,6-10,16-17,19H2,1-3H3. The van der Waals surface area contributed by atoms with Crippen molar-refractivity contribution in [3.05, 3.63) is 47.7 Å². The van der Waals surface area contributed by atoms with Gasteiger partial charge in [-0.3, -0.25) is 4.98 Å². The molecule has 0 aliphatic carbocycles. The van der Waals surface area contributed by atoms with Gasteiger partial charge in [-0.1, -0.05) is 5.92 Å². The van der Waals surface area contributed by atoms with Gasteiger partial charge in [0.1, 0.15) is 18.1 Å². The Bertz CT molecular complexity index is 1560. The Balaban J connectivity index is 1.56. The first-order valence-corrected chi connectivity index (χ1v) is 14.2. The summed E-state index contributed by atoms with van der Waals surface area (Å²) in [5.74, 6) is 5.41. The predicted octanol–water partition coefficient (Wildman–Crippen LogP) is 4.24. The van der Waals surface area contributed by atoms with Crippen LogP contribution in [0.5, 0.6) is 5.75 Å². The van der Waals surface area contributed by atoms with E-state index in [2.05, 4.69) is 33.5 Å². The minimum Gasteiger partial charge on any atom is -0.494 e. The lowest BCUT2D eigenvalue weighted by molar-refractivity contribution is -0.140. The van der Waals surface area contributed by atoms with Crippen LogP contribution in [0.25, 0.3) is 10.9 Å². The average Bonchev–Trinajstić information content (AvgIpc) is 3.31. The quantitative estimate of drug-likeness (QED) is 0.197. The Morgan fingerprint density at radius 2 is 1.89 bits per heavy atom. The fourth-order valence-electron chi connectivity index (χ4n) is 5.14. The lowest BCUT2D eigenvalue weighted by Gasteiger charge is -2.33. The van der Waals surface area contributed by atoms with Gasteiger partial charge in [0, 0.05) is 42.8 Å². The van der Waals surface area contributed by atoms with Gasteiger partial charge in [0.15, 0.2) is 0 Å². The molecule has 44 heavy (non-hydrogen) atoms. The number of nitrogens with zero attached hydrogens (tertiary/aromatic N) is 4. The number of nitrogens with one attached hydrogen (secondary N) is 2. The summed E-state index contributed by atoms with van der Waals surface area (Å²) in [4.78, 5) is 6.35. The first-order chi connectivity index (χ1) is 20.8. The monoisotopic (exact) mass is 616 g/mol. The predicted molar refractivity (Wildman–Crippen MR) is 159 cm³/mol. The number of hydrogen-bond donors (Lipinski definition) is 4. The number of β-amino-alcohol motifs (C(OH)–C–C–N with tert-alkyl or cyclic N) is 1. The molecule has 1 aliphatic heterocycles. The number of methoxy groups -OCH3 is 1. The Labute approximate surface area is 253 Å². The van der Waals surface area contributed by atoms with E-state index in [0.29, 0.717) is 60.7 Å². The molecule has 3 heterocycles. The Hall–Kier alpha value is -4.04. The number of aromatic nitrogens is 2. The van der Waals surface area contributed by atoms with E-state index in [1.54, 1.807) is 19.9 Å². The minimum absolute atomic E-state index is 0.0512. The Morgan fingerprint density at radius 3 is 2.52 bits per heavy atom. The van der Waals surface area contributed by atoms with Crippen molar-refractivity contribution in [1.29, 1.82) is 5.26 Å². The maximum Gasteiger partial charge on any atom is 0.406 e. The van der Waals surface area contributed by atoms with Gasteiger partial charge in [0.25, 0.3) is 0 Å². The van der Waals surface area contributed by atoms with Crippen molar-refractivity contribution in [1.82, 2.24) is 14.5 Å². The summed E-state index contributed by atoms with van der Waals surface area (Å²) in [6, 6.07) is 7.66. The van der Waals surface area contributed by atoms with Gasteiger partial charge in [0.05, 0.1) is 66.6 Å². The zero-order valence-corrected chi connectivity index (χ0v) is 24.8. The van der Waals surface area contributed by atoms with E-state index >= 15 is 0 Å². The molecular weight excluding hydrogens is 580 g/mol. The van der Waals surface area contributed by atoms with E-state index in [0.717, 1.165) is 10.6 Å². The highest BCUT2D eigenvalue weighted by Crippen LogP contribution is 2.33. The first kappa shape index (κ1) is 32.9. The second-order valence-electron chi connectivity index (χ2n) is 11.3. The molecule has 0 spiro atoms. The molecule has 1 aliphatic rings. The second kappa shape index (κ2) is 13.7. The van der Waals surface area contributed by atoms with Crippen LogP contribution in [-0.4, -0.2) is 82.9 Å². The van der Waals surface area contributed by atoms with Gasteiger partial charge >= 0.3 is 6.18 Å². The molecule has 2 aromatic heterocycles. The van der Waals surface area contributed by atoms with Crippen LogP contribution in [0.4, 0.5) is 28.9 Å². The van der Waals surface area contributed by atoms with Gasteiger partial charge < -0.3 is 35.1 Å². The number of ether oxygens (including phenoxy) is 1. The Kier molecular flexibility index (Phi) is 10.3. The van der Waals surface area contributed by atoms with Crippen molar-refractivity contribution in [3.63, 3.8) is 0 Å². The number of nitriles is 1. The first-order valence-electron chi connectivity index (χ1n) is 14.2. The summed E-state index contributed by atoms with van der Waals surface area (Å²) in [6.45, 7) is 3.49. The third kappa shape index (κ3) is 8.11. The lowest BCUT2D eigenvalue weighted by Crippen LogP contribution is -2.43. The number of aliphatic hydroxyl groups excluding tert-OH is 2. The van der Waals surface area contributed by atoms with Crippen molar-refractivity contribution in [2.45, 2.75) is 57.0 Å². The topological polar surface area (TPSA) is 119 Å². The number of alkyl halides is 3. The lowest BCUT2D eigenvalue weighted by atomic mass is 9.90. The molecule has 3 aromatic rings. The van der Waals surface area contributed by atoms with Crippen LogP contribution in [0, 0.1) is 29.0 Å². The van der Waals surface area contributed by atoms with E-state index in [1.165, 1.54) is 25.4 Å². The molecular formula is C31H36F4N6O3. The number of halogens is 4. The van der Waals surface area contributed by atoms with Gasteiger partial charge in [-0.05, 0) is 50.8 Å². The molecule has 1 atom stereocenters. The van der Waals surface area contributed by atoms with E-state index in [4.69, 9.17) is 9.84 Å². The largest absolute Gasteiger partial charge is 0.494 e. The van der Waals surface area contributed by atoms with Crippen LogP contribution < -0.4 is 15.4 Å². The molecule has 0 saturated carbocycles. The highest BCUT2D eigenvalue weighted by Gasteiger charge is 2.30. The summed E-state index contributed by atoms with van der Waals surface area (Å²) >= 11 is 0. The van der Waals surface area contributed by atoms with Gasteiger partial charge in [-0.2, -0.15) is 18.4 Å². The summed E-state index contributed by atoms with van der Waals surface area (Å²) in [5, 5.41) is 35.0. The third-order valence-corrected chi connectivity index (χ3v) is 7.54. The smallest absolute Gasteiger partial charge is 0.406 e. The number of aliphatic hydroxyl groups is 2. The number of rotatable bonds is 10. The molecule has 1 saturated heterocycles. The molecule has 4 rings (SSSR count). The van der Waals surface area contributed by atoms with Crippen molar-refractivity contribution < 1.29 is 32.5 Å². The van der Waals surface area contributed by atoms with Gasteiger partial charge in [-0.25, -0.2) is 4.39 Å². The molecule has 1 aromatic carbocycles. The molecule has 0 bridgehead atoms. The van der Waals surface area contributed by atoms with Crippen molar-refractivity contribution in [3.8, 4) is 23.7 Å². The molecule has 0 radical (unpaired) electrons. The zero-order valence-electron chi connectivity index (χ0n) is 24.8. The van der Waals surface area contributed by atoms with Crippen molar-refractivity contribution >= 4 is 22.3 Å². The molecule has 1 unspecified atom stereocenters. The molecule has 1 fully saturated rings. The minimum atomic E-state index is -4.56. The number of benzene rings is 1. The fourth-order valence-corrected chi connectivity index (χ4v) is 5.14. The van der Waals surface area contributed by atoms with Crippen LogP contribution in [0.3, 0.4) is 0 Å². The van der Waals surface area contributed by atoms with E-state index in [-0.39, 0.29) is 30.4 Å². The number of anilines is 2. The SMILES string of the molecule is COc1cc(C(C)(C)C#N)ncc1NCC#Cc1cc2c(NC3CCN(CC(O)CO)CC3)cc(F)cc2n1CC(F)(F)F. The molecule has 13 heteroatoms. The summed E-state index contributed by atoms with van der Waals surface area (Å²) in [7, 11) is 1.47. The number of likely N-dealkylation sites (tertiary alicyclic amines) is 1. The number of fused-ring (bicyclic) bond motifs is 1. The van der Waals surface area contributed by atoms with Crippen LogP contribution in [-0.2, 0) is 12.0 Å². The number of piperidine rings is 1. The Morgan fingerprint density at radius 1 is 1.16 bits per heavy atom. The number of pyridine rings is 1. The van der Waals surface area contributed by atoms with Crippen LogP contribution >= 0.6 is 0 Å². The van der Waals surface area contributed by atoms with Crippen LogP contribution in [0.1, 0.15) is 38.1 Å². The summed E-state index contributed by atoms with van der Waals surface area (Å²) in [5.41, 5.74) is 0.732. The fraction of sp³-hybridized carbons (Fsp3) is 0.484. The second-order valence-corrected chi connectivity index (χ2v) is 11.3. The zero-order chi connectivity index (χ0) is 32.1. The van der Waals surface area contributed by atoms with E-state index in [1.807, 2.05) is 4.90 Å². The third-order valence-electron chi connectivity index (χ3n) is 7.54. The average molecular weight is 617 g/mol. The summed E-state index contributed by atoms with van der Waals surface area (Å²) < 4.78 is 62.0. The van der Waals surface area contributed by atoms with Gasteiger partial charge in [-0.15, -0.1) is 0 Å². The maximum absolute atomic E-state index is 14.7. The van der Waals surface area contributed by atoms with Gasteiger partial charge in [0.2, 0.25) is 0 Å². The van der Waals surface area contributed by atoms with Crippen molar-refractivity contribution in [2.75, 3.05) is 50.5 Å². The molecule has 4 N–H and O–H groups in total. The number of hydrogen-bond acceptors (Lipinski definition) is 8. The molecule has 9 nitrogen and oxygen atoms in total. The van der Waals surface area contributed by atoms with Crippen LogP contribution in [0.15, 0.2) is 30.5 Å². The van der Waals surface area contributed by atoms with E-state index < -0.39 is 30.1 Å². The van der Waals surface area contributed by atoms with E-state index in [9.17, 15) is 27.9 Å². The highest BCUT2D eigenvalue weighted by molar-refractivity contribution is 5.94.